The Bertz CT molecular complexity index is 141. The van der Waals surface area contributed by atoms with Gasteiger partial charge in [-0.2, -0.15) is 0 Å². The van der Waals surface area contributed by atoms with E-state index < -0.39 is 0 Å². The van der Waals surface area contributed by atoms with E-state index in [0.29, 0.717) is 0 Å². The largest absolute Gasteiger partial charge is 0.407 e. The molecule has 0 aromatic carbocycles. The quantitative estimate of drug-likeness (QED) is 0.594. The highest BCUT2D eigenvalue weighted by Gasteiger charge is 2.14. The molecule has 0 atom stereocenters. The molecule has 0 aromatic rings. The lowest BCUT2D eigenvalue weighted by atomic mass is 10.5. The number of hydrogen-bond donors (Lipinski definition) is 1. The zero-order valence-corrected chi connectivity index (χ0v) is 9.76. The minimum absolute atomic E-state index is 0.768. The fraction of sp³-hybridized carbons (Fsp3) is 0.600. The summed E-state index contributed by atoms with van der Waals surface area (Å²) in [6, 6.07) is 0. The molecule has 1 aliphatic rings. The first-order chi connectivity index (χ1) is 5.33. The van der Waals surface area contributed by atoms with Crippen molar-refractivity contribution >= 4 is 29.5 Å². The van der Waals surface area contributed by atoms with Gasteiger partial charge in [-0.25, -0.2) is 0 Å². The topological polar surface area (TPSA) is 18.5 Å². The maximum absolute atomic E-state index is 3.36. The summed E-state index contributed by atoms with van der Waals surface area (Å²) in [6.07, 6.45) is 5.51. The molecule has 0 aromatic heterocycles. The summed E-state index contributed by atoms with van der Waals surface area (Å²) in [4.78, 5) is 0. The van der Waals surface area contributed by atoms with E-state index in [1.807, 2.05) is 0 Å². The van der Waals surface area contributed by atoms with Crippen LogP contribution in [0.3, 0.4) is 0 Å². The summed E-state index contributed by atoms with van der Waals surface area (Å²) in [5.41, 5.74) is 0. The highest BCUT2D eigenvalue weighted by molar-refractivity contribution is 6.65. The Labute approximate surface area is 75.8 Å². The first kappa shape index (κ1) is 9.20. The minimum atomic E-state index is 0.768. The summed E-state index contributed by atoms with van der Waals surface area (Å²) >= 11 is 0. The maximum Gasteiger partial charge on any atom is 0.275 e. The van der Waals surface area contributed by atoms with Crippen LogP contribution in [-0.4, -0.2) is 45.0 Å². The third kappa shape index (κ3) is 3.34. The molecule has 11 heavy (non-hydrogen) atoms. The number of nitrogens with zero attached hydrogens (tertiary/aromatic N) is 2. The molecule has 0 aliphatic carbocycles. The molecule has 0 bridgehead atoms. The zero-order chi connectivity index (χ0) is 8.10. The van der Waals surface area contributed by atoms with Gasteiger partial charge >= 0.3 is 0 Å². The van der Waals surface area contributed by atoms with E-state index in [2.05, 4.69) is 39.4 Å². The van der Waals surface area contributed by atoms with Gasteiger partial charge in [0.05, 0.1) is 0 Å². The van der Waals surface area contributed by atoms with E-state index in [1.165, 1.54) is 0 Å². The molecule has 1 rings (SSSR count). The average molecular weight is 197 g/mol. The van der Waals surface area contributed by atoms with Gasteiger partial charge < -0.3 is 13.1 Å². The van der Waals surface area contributed by atoms with Crippen molar-refractivity contribution in [1.29, 1.82) is 0 Å². The lowest BCUT2D eigenvalue weighted by molar-refractivity contribution is 0.721. The fourth-order valence-corrected chi connectivity index (χ4v) is 5.17. The molecule has 0 amide bonds. The molecule has 58 valence electrons. The van der Waals surface area contributed by atoms with Crippen LogP contribution in [0.5, 0.6) is 0 Å². The van der Waals surface area contributed by atoms with Gasteiger partial charge in [-0.15, -0.1) is 0 Å². The van der Waals surface area contributed by atoms with E-state index in [0.717, 1.165) is 35.9 Å². The average Bonchev–Trinajstić information content (AvgIpc) is 2.01. The molecule has 6 radical (unpaired) electrons. The number of allylic oxidation sites excluding steroid dienone is 1. The summed E-state index contributed by atoms with van der Waals surface area (Å²) in [6.45, 7) is 2.16. The standard InChI is InChI=1S/C5H11N3Si3/c1-3-4-5-8-10-6-9-7(2)11-8/h4-6H,3H2,1-2H3. The van der Waals surface area contributed by atoms with Crippen LogP contribution in [0.25, 0.3) is 0 Å². The third-order valence-corrected chi connectivity index (χ3v) is 4.70. The monoisotopic (exact) mass is 197 g/mol. The smallest absolute Gasteiger partial charge is 0.275 e. The van der Waals surface area contributed by atoms with Crippen molar-refractivity contribution in [2.45, 2.75) is 13.3 Å². The predicted octanol–water partition coefficient (Wildman–Crippen LogP) is -0.650. The Morgan fingerprint density at radius 2 is 2.27 bits per heavy atom. The van der Waals surface area contributed by atoms with E-state index in [9.17, 15) is 0 Å². The summed E-state index contributed by atoms with van der Waals surface area (Å²) in [5.74, 6) is 0. The van der Waals surface area contributed by atoms with Gasteiger partial charge in [0, 0.05) is 0 Å². The highest BCUT2D eigenvalue weighted by Crippen LogP contribution is 1.91. The van der Waals surface area contributed by atoms with Crippen LogP contribution in [0, 0.1) is 0 Å². The van der Waals surface area contributed by atoms with Crippen molar-refractivity contribution < 1.29 is 0 Å². The summed E-state index contributed by atoms with van der Waals surface area (Å²) in [7, 11) is 4.52. The maximum atomic E-state index is 3.36. The Balaban J connectivity index is 2.28. The van der Waals surface area contributed by atoms with Gasteiger partial charge in [0.15, 0.2) is 0 Å². The minimum Gasteiger partial charge on any atom is -0.407 e. The second-order valence-corrected chi connectivity index (χ2v) is 7.02. The lowest BCUT2D eigenvalue weighted by Crippen LogP contribution is -2.56. The number of hydrogen-bond acceptors (Lipinski definition) is 3. The van der Waals surface area contributed by atoms with Crippen molar-refractivity contribution in [2.24, 2.45) is 0 Å². The van der Waals surface area contributed by atoms with Gasteiger partial charge in [0.2, 0.25) is 9.84 Å². The third-order valence-electron chi connectivity index (χ3n) is 1.15. The molecule has 1 aliphatic heterocycles. The molecule has 0 unspecified atom stereocenters. The first-order valence-electron chi connectivity index (χ1n) is 3.55. The first-order valence-corrected chi connectivity index (χ1v) is 6.34. The van der Waals surface area contributed by atoms with Crippen LogP contribution in [0.1, 0.15) is 13.3 Å². The van der Waals surface area contributed by atoms with Gasteiger partial charge in [-0.3, -0.25) is 0 Å². The van der Waals surface area contributed by atoms with Gasteiger partial charge in [-0.05, 0) is 19.7 Å². The van der Waals surface area contributed by atoms with Crippen LogP contribution in [0.4, 0.5) is 0 Å². The fourth-order valence-electron chi connectivity index (χ4n) is 0.662. The van der Waals surface area contributed by atoms with Crippen molar-refractivity contribution in [1.82, 2.24) is 13.1 Å². The van der Waals surface area contributed by atoms with Crippen LogP contribution >= 0.6 is 0 Å². The Kier molecular flexibility index (Phi) is 4.08. The highest BCUT2D eigenvalue weighted by atomic mass is 28.4. The number of rotatable bonds is 2. The van der Waals surface area contributed by atoms with Gasteiger partial charge in [-0.1, -0.05) is 13.0 Å². The van der Waals surface area contributed by atoms with Crippen LogP contribution in [-0.2, 0) is 0 Å². The summed E-state index contributed by atoms with van der Waals surface area (Å²) in [5, 5.41) is 0. The van der Waals surface area contributed by atoms with E-state index in [1.54, 1.807) is 0 Å². The van der Waals surface area contributed by atoms with Crippen LogP contribution in [0.15, 0.2) is 12.3 Å². The normalized spacial score (nSPS) is 21.5. The Morgan fingerprint density at radius 1 is 1.45 bits per heavy atom. The van der Waals surface area contributed by atoms with E-state index in [-0.39, 0.29) is 0 Å². The molecule has 3 nitrogen and oxygen atoms in total. The van der Waals surface area contributed by atoms with Crippen LogP contribution < -0.4 is 4.65 Å². The molecular weight excluding hydrogens is 186 g/mol. The molecule has 6 heteroatoms. The van der Waals surface area contributed by atoms with E-state index >= 15 is 0 Å². The molecule has 1 N–H and O–H groups in total. The van der Waals surface area contributed by atoms with Crippen molar-refractivity contribution in [3.63, 3.8) is 0 Å². The zero-order valence-electron chi connectivity index (χ0n) is 6.76. The van der Waals surface area contributed by atoms with Crippen LogP contribution in [0.2, 0.25) is 0 Å². The SMILES string of the molecule is CCC=CN1[Si]N[Si]N(C)[Si]1. The molecule has 0 spiro atoms. The number of nitrogens with one attached hydrogen (secondary N) is 1. The predicted molar refractivity (Wildman–Crippen MR) is 49.4 cm³/mol. The van der Waals surface area contributed by atoms with Gasteiger partial charge in [0.1, 0.15) is 0 Å². The molecule has 0 saturated carbocycles. The molecule has 1 fully saturated rings. The molecule has 1 saturated heterocycles. The summed E-state index contributed by atoms with van der Waals surface area (Å²) < 4.78 is 7.98. The van der Waals surface area contributed by atoms with E-state index in [4.69, 9.17) is 0 Å². The molecular formula is C5H11N3Si3. The molecule has 1 heterocycles. The second kappa shape index (κ2) is 4.88. The van der Waals surface area contributed by atoms with Crippen molar-refractivity contribution in [3.05, 3.63) is 12.3 Å². The lowest BCUT2D eigenvalue weighted by Gasteiger charge is -2.28. The second-order valence-electron chi connectivity index (χ2n) is 2.17. The Morgan fingerprint density at radius 3 is 2.91 bits per heavy atom. The van der Waals surface area contributed by atoms with Gasteiger partial charge in [0.25, 0.3) is 19.7 Å². The van der Waals surface area contributed by atoms with Crippen molar-refractivity contribution in [2.75, 3.05) is 7.05 Å². The van der Waals surface area contributed by atoms with Crippen molar-refractivity contribution in [3.8, 4) is 0 Å². The Hall–Kier alpha value is 0.111.